The Kier molecular flexibility index (Phi) is 7.93. The second-order valence-electron chi connectivity index (χ2n) is 12.1. The molecule has 0 radical (unpaired) electrons. The molecule has 1 saturated carbocycles. The molecular formula is C34H33Cl2N5O4. The number of fused-ring (bicyclic) bond motifs is 1. The fourth-order valence-corrected chi connectivity index (χ4v) is 7.11. The van der Waals surface area contributed by atoms with Crippen LogP contribution >= 0.6 is 23.2 Å². The van der Waals surface area contributed by atoms with Gasteiger partial charge in [-0.25, -0.2) is 14.8 Å². The van der Waals surface area contributed by atoms with Crippen LogP contribution in [0.15, 0.2) is 73.2 Å². The molecule has 1 spiro atoms. The quantitative estimate of drug-likeness (QED) is 0.166. The minimum Gasteiger partial charge on any atom is -0.490 e. The van der Waals surface area contributed by atoms with Crippen LogP contribution in [0.1, 0.15) is 47.2 Å². The van der Waals surface area contributed by atoms with E-state index in [0.29, 0.717) is 35.5 Å². The van der Waals surface area contributed by atoms with Crippen molar-refractivity contribution in [3.8, 4) is 11.5 Å². The summed E-state index contributed by atoms with van der Waals surface area (Å²) in [5, 5.41) is 10.7. The molecule has 1 saturated heterocycles. The molecule has 2 fully saturated rings. The van der Waals surface area contributed by atoms with Crippen molar-refractivity contribution in [1.29, 1.82) is 0 Å². The van der Waals surface area contributed by atoms with Gasteiger partial charge in [0.05, 0.1) is 52.8 Å². The number of halogens is 2. The van der Waals surface area contributed by atoms with Gasteiger partial charge in [0.1, 0.15) is 23.9 Å². The lowest BCUT2D eigenvalue weighted by Crippen LogP contribution is -2.64. The van der Waals surface area contributed by atoms with Crippen LogP contribution in [-0.4, -0.2) is 54.3 Å². The molecule has 0 atom stereocenters. The van der Waals surface area contributed by atoms with Gasteiger partial charge in [-0.3, -0.25) is 4.90 Å². The molecule has 1 N–H and O–H groups in total. The van der Waals surface area contributed by atoms with Gasteiger partial charge >= 0.3 is 5.97 Å². The summed E-state index contributed by atoms with van der Waals surface area (Å²) >= 11 is 12.2. The predicted octanol–water partition coefficient (Wildman–Crippen LogP) is 6.93. The van der Waals surface area contributed by atoms with E-state index in [1.54, 1.807) is 36.4 Å². The molecule has 232 valence electrons. The van der Waals surface area contributed by atoms with Gasteiger partial charge in [-0.05, 0) is 73.9 Å². The van der Waals surface area contributed by atoms with E-state index in [-0.39, 0.29) is 17.1 Å². The zero-order valence-corrected chi connectivity index (χ0v) is 26.3. The molecule has 3 heterocycles. The molecule has 1 aliphatic heterocycles. The zero-order chi connectivity index (χ0) is 31.1. The number of likely N-dealkylation sites (tertiary alicyclic amines) is 1. The number of carboxylic acid groups (broad SMARTS) is 1. The van der Waals surface area contributed by atoms with E-state index in [1.807, 2.05) is 36.8 Å². The lowest BCUT2D eigenvalue weighted by molar-refractivity contribution is -0.123. The van der Waals surface area contributed by atoms with Gasteiger partial charge in [-0.1, -0.05) is 35.3 Å². The monoisotopic (exact) mass is 645 g/mol. The molecule has 2 aliphatic rings. The summed E-state index contributed by atoms with van der Waals surface area (Å²) in [6.07, 6.45) is 5.90. The molecule has 0 unspecified atom stereocenters. The Morgan fingerprint density at radius 2 is 1.91 bits per heavy atom. The third kappa shape index (κ3) is 6.12. The van der Waals surface area contributed by atoms with Gasteiger partial charge in [0.2, 0.25) is 0 Å². The van der Waals surface area contributed by atoms with Crippen LogP contribution < -0.4 is 9.47 Å². The van der Waals surface area contributed by atoms with Crippen molar-refractivity contribution in [2.24, 2.45) is 5.41 Å². The summed E-state index contributed by atoms with van der Waals surface area (Å²) in [6, 6.07) is 18.3. The molecule has 9 nitrogen and oxygen atoms in total. The van der Waals surface area contributed by atoms with Crippen molar-refractivity contribution in [3.63, 3.8) is 0 Å². The minimum atomic E-state index is -0.945. The number of nitrogens with zero attached hydrogens (tertiary/aromatic N) is 5. The first-order valence-electron chi connectivity index (χ1n) is 15.0. The summed E-state index contributed by atoms with van der Waals surface area (Å²) < 4.78 is 16.5. The number of hydrogen-bond donors (Lipinski definition) is 1. The number of aromatic nitrogens is 4. The van der Waals surface area contributed by atoms with Crippen molar-refractivity contribution in [2.45, 2.75) is 52.1 Å². The molecule has 7 rings (SSSR count). The number of rotatable bonds is 11. The number of carbonyl (C=O) groups is 1. The average molecular weight is 647 g/mol. The highest BCUT2D eigenvalue weighted by atomic mass is 35.5. The summed E-state index contributed by atoms with van der Waals surface area (Å²) in [7, 11) is 0. The van der Waals surface area contributed by atoms with E-state index in [1.165, 1.54) is 0 Å². The van der Waals surface area contributed by atoms with Crippen LogP contribution in [-0.2, 0) is 26.2 Å². The molecule has 11 heteroatoms. The average Bonchev–Trinajstić information content (AvgIpc) is 3.58. The molecule has 2 aromatic heterocycles. The van der Waals surface area contributed by atoms with Crippen molar-refractivity contribution in [3.05, 3.63) is 106 Å². The Morgan fingerprint density at radius 3 is 2.69 bits per heavy atom. The standard InChI is InChI=1S/C34H33Cl2N5O4/c1-2-40-21-37-15-25(40)16-41-30-11-23(33(42)43)6-8-29(30)38-32(41)17-39-19-34(20-39)13-27(14-34)45-26-5-3-4-22(10-26)18-44-31-9-7-24(35)12-28(31)36/h3-12,15,21,27H,2,13-14,16-20H2,1H3,(H,42,43). The lowest BCUT2D eigenvalue weighted by Gasteiger charge is -2.58. The summed E-state index contributed by atoms with van der Waals surface area (Å²) in [5.41, 5.74) is 4.21. The molecule has 5 aromatic rings. The van der Waals surface area contributed by atoms with E-state index >= 15 is 0 Å². The number of imidazole rings is 2. The molecule has 0 amide bonds. The minimum absolute atomic E-state index is 0.183. The van der Waals surface area contributed by atoms with Crippen LogP contribution in [0.5, 0.6) is 11.5 Å². The maximum absolute atomic E-state index is 11.7. The summed E-state index contributed by atoms with van der Waals surface area (Å²) in [5.74, 6) is 1.42. The van der Waals surface area contributed by atoms with Crippen molar-refractivity contribution >= 4 is 40.2 Å². The molecule has 3 aromatic carbocycles. The number of hydrogen-bond acceptors (Lipinski definition) is 6. The van der Waals surface area contributed by atoms with E-state index in [2.05, 4.69) is 25.9 Å². The van der Waals surface area contributed by atoms with Crippen molar-refractivity contribution in [2.75, 3.05) is 13.1 Å². The van der Waals surface area contributed by atoms with Crippen molar-refractivity contribution in [1.82, 2.24) is 24.0 Å². The van der Waals surface area contributed by atoms with E-state index in [9.17, 15) is 9.90 Å². The number of aryl methyl sites for hydroxylation is 1. The van der Waals surface area contributed by atoms with Gasteiger partial charge < -0.3 is 23.7 Å². The fraction of sp³-hybridized carbons (Fsp3) is 0.324. The highest BCUT2D eigenvalue weighted by molar-refractivity contribution is 6.35. The lowest BCUT2D eigenvalue weighted by atomic mass is 9.61. The summed E-state index contributed by atoms with van der Waals surface area (Å²) in [4.78, 5) is 23.4. The Bertz CT molecular complexity index is 1870. The number of ether oxygens (including phenoxy) is 2. The maximum Gasteiger partial charge on any atom is 0.335 e. The number of aromatic carboxylic acids is 1. The Morgan fingerprint density at radius 1 is 1.07 bits per heavy atom. The Hall–Kier alpha value is -4.05. The van der Waals surface area contributed by atoms with Crippen molar-refractivity contribution < 1.29 is 19.4 Å². The topological polar surface area (TPSA) is 94.6 Å². The Balaban J connectivity index is 0.968. The largest absolute Gasteiger partial charge is 0.490 e. The van der Waals surface area contributed by atoms with Gasteiger partial charge in [0, 0.05) is 36.3 Å². The highest BCUT2D eigenvalue weighted by Crippen LogP contribution is 2.50. The molecule has 1 aliphatic carbocycles. The molecule has 0 bridgehead atoms. The maximum atomic E-state index is 11.7. The van der Waals surface area contributed by atoms with Gasteiger partial charge in [0.15, 0.2) is 0 Å². The molecular weight excluding hydrogens is 613 g/mol. The van der Waals surface area contributed by atoms with E-state index in [4.69, 9.17) is 37.7 Å². The zero-order valence-electron chi connectivity index (χ0n) is 24.8. The van der Waals surface area contributed by atoms with Crippen LogP contribution in [0.3, 0.4) is 0 Å². The first-order chi connectivity index (χ1) is 21.8. The fourth-order valence-electron chi connectivity index (χ4n) is 6.65. The van der Waals surface area contributed by atoms with Crippen LogP contribution in [0.25, 0.3) is 11.0 Å². The van der Waals surface area contributed by atoms with Gasteiger partial charge in [-0.15, -0.1) is 0 Å². The Labute approximate surface area is 270 Å². The molecule has 45 heavy (non-hydrogen) atoms. The highest BCUT2D eigenvalue weighted by Gasteiger charge is 2.53. The first-order valence-corrected chi connectivity index (χ1v) is 15.8. The van der Waals surface area contributed by atoms with E-state index in [0.717, 1.165) is 66.3 Å². The third-order valence-corrected chi connectivity index (χ3v) is 9.36. The number of carboxylic acids is 1. The summed E-state index contributed by atoms with van der Waals surface area (Å²) in [6.45, 7) is 6.52. The second-order valence-corrected chi connectivity index (χ2v) is 12.9. The number of benzene rings is 3. The third-order valence-electron chi connectivity index (χ3n) is 8.83. The predicted molar refractivity (Wildman–Crippen MR) is 172 cm³/mol. The smallest absolute Gasteiger partial charge is 0.335 e. The van der Waals surface area contributed by atoms with Gasteiger partial charge in [0.25, 0.3) is 0 Å². The van der Waals surface area contributed by atoms with Crippen LogP contribution in [0.4, 0.5) is 0 Å². The van der Waals surface area contributed by atoms with E-state index < -0.39 is 5.97 Å². The first kappa shape index (κ1) is 29.6. The van der Waals surface area contributed by atoms with Crippen LogP contribution in [0, 0.1) is 5.41 Å². The SMILES string of the molecule is CCn1cncc1Cn1c(CN2CC3(CC(Oc4cccc(COc5ccc(Cl)cc5Cl)c4)C3)C2)nc2ccc(C(=O)O)cc21. The van der Waals surface area contributed by atoms with Gasteiger partial charge in [-0.2, -0.15) is 0 Å². The normalized spacial score (nSPS) is 16.1. The second kappa shape index (κ2) is 12.0. The van der Waals surface area contributed by atoms with Crippen LogP contribution in [0.2, 0.25) is 10.0 Å².